The van der Waals surface area contributed by atoms with Crippen LogP contribution < -0.4 is 15.8 Å². The summed E-state index contributed by atoms with van der Waals surface area (Å²) < 4.78 is 5.52. The van der Waals surface area contributed by atoms with Crippen molar-refractivity contribution in [3.8, 4) is 5.75 Å². The van der Waals surface area contributed by atoms with Crippen LogP contribution in [0.25, 0.3) is 0 Å². The molecule has 1 amide bonds. The highest BCUT2D eigenvalue weighted by Crippen LogP contribution is 2.19. The fourth-order valence-electron chi connectivity index (χ4n) is 2.39. The lowest BCUT2D eigenvalue weighted by atomic mass is 9.85. The van der Waals surface area contributed by atoms with Gasteiger partial charge in [0.25, 0.3) is 0 Å². The Morgan fingerprint density at radius 1 is 1.14 bits per heavy atom. The van der Waals surface area contributed by atoms with Crippen LogP contribution in [0.4, 0.5) is 5.69 Å². The van der Waals surface area contributed by atoms with Crippen molar-refractivity contribution in [2.24, 2.45) is 17.8 Å². The zero-order valence-electron chi connectivity index (χ0n) is 13.6. The summed E-state index contributed by atoms with van der Waals surface area (Å²) in [6, 6.07) is 7.18. The van der Waals surface area contributed by atoms with Crippen molar-refractivity contribution in [2.75, 3.05) is 18.9 Å². The summed E-state index contributed by atoms with van der Waals surface area (Å²) in [5.41, 5.74) is 6.30. The van der Waals surface area contributed by atoms with Gasteiger partial charge in [-0.1, -0.05) is 27.7 Å². The molecule has 4 heteroatoms. The normalized spacial score (nSPS) is 11.2. The van der Waals surface area contributed by atoms with Crippen molar-refractivity contribution in [2.45, 2.75) is 34.1 Å². The maximum absolute atomic E-state index is 11.8. The van der Waals surface area contributed by atoms with Crippen molar-refractivity contribution in [1.29, 1.82) is 0 Å². The van der Waals surface area contributed by atoms with Crippen LogP contribution in [0.2, 0.25) is 0 Å². The fourth-order valence-corrected chi connectivity index (χ4v) is 2.39. The summed E-state index contributed by atoms with van der Waals surface area (Å²) in [4.78, 5) is 11.8. The SMILES string of the molecule is CC(C)C(CNC(=O)CCOc1ccc(N)cc1)C(C)C. The third-order valence-electron chi connectivity index (χ3n) is 3.73. The molecule has 0 aliphatic heterocycles. The first kappa shape index (κ1) is 17.3. The average Bonchev–Trinajstić information content (AvgIpc) is 2.40. The van der Waals surface area contributed by atoms with Gasteiger partial charge < -0.3 is 15.8 Å². The molecule has 0 saturated carbocycles. The first-order valence-corrected chi connectivity index (χ1v) is 7.65. The summed E-state index contributed by atoms with van der Waals surface area (Å²) in [6.07, 6.45) is 0.368. The number of nitrogens with one attached hydrogen (secondary N) is 1. The van der Waals surface area contributed by atoms with Crippen molar-refractivity contribution in [1.82, 2.24) is 5.32 Å². The third-order valence-corrected chi connectivity index (χ3v) is 3.73. The maximum Gasteiger partial charge on any atom is 0.223 e. The van der Waals surface area contributed by atoms with E-state index in [1.54, 1.807) is 24.3 Å². The largest absolute Gasteiger partial charge is 0.493 e. The van der Waals surface area contributed by atoms with Crippen LogP contribution in [0, 0.1) is 17.8 Å². The Morgan fingerprint density at radius 3 is 2.24 bits per heavy atom. The Hall–Kier alpha value is -1.71. The molecule has 0 bridgehead atoms. The van der Waals surface area contributed by atoms with Gasteiger partial charge in [-0.05, 0) is 42.0 Å². The number of carbonyl (C=O) groups is 1. The molecule has 0 spiro atoms. The Bertz CT molecular complexity index is 419. The van der Waals surface area contributed by atoms with Crippen LogP contribution >= 0.6 is 0 Å². The van der Waals surface area contributed by atoms with Gasteiger partial charge in [-0.25, -0.2) is 0 Å². The average molecular weight is 292 g/mol. The summed E-state index contributed by atoms with van der Waals surface area (Å²) in [6.45, 7) is 9.89. The molecule has 0 atom stereocenters. The third kappa shape index (κ3) is 6.52. The number of benzene rings is 1. The van der Waals surface area contributed by atoms with Gasteiger partial charge in [0.05, 0.1) is 13.0 Å². The molecule has 1 aromatic rings. The molecule has 0 aromatic heterocycles. The summed E-state index contributed by atoms with van der Waals surface area (Å²) in [5, 5.41) is 3.00. The fraction of sp³-hybridized carbons (Fsp3) is 0.588. The molecule has 21 heavy (non-hydrogen) atoms. The van der Waals surface area contributed by atoms with Crippen molar-refractivity contribution >= 4 is 11.6 Å². The molecule has 0 aliphatic rings. The van der Waals surface area contributed by atoms with Crippen LogP contribution in [0.3, 0.4) is 0 Å². The summed E-state index contributed by atoms with van der Waals surface area (Å²) in [5.74, 6) is 2.41. The predicted molar refractivity (Wildman–Crippen MR) is 87.1 cm³/mol. The predicted octanol–water partition coefficient (Wildman–Crippen LogP) is 3.08. The van der Waals surface area contributed by atoms with Crippen LogP contribution in [0.1, 0.15) is 34.1 Å². The van der Waals surface area contributed by atoms with Crippen molar-refractivity contribution < 1.29 is 9.53 Å². The zero-order valence-corrected chi connectivity index (χ0v) is 13.6. The molecular formula is C17H28N2O2. The Labute approximate surface area is 128 Å². The number of nitrogens with two attached hydrogens (primary N) is 1. The standard InChI is InChI=1S/C17H28N2O2/c1-12(2)16(13(3)4)11-19-17(20)9-10-21-15-7-5-14(18)6-8-15/h5-8,12-13,16H,9-11,18H2,1-4H3,(H,19,20). The van der Waals surface area contributed by atoms with E-state index < -0.39 is 0 Å². The lowest BCUT2D eigenvalue weighted by molar-refractivity contribution is -0.121. The van der Waals surface area contributed by atoms with Crippen LogP contribution in [-0.4, -0.2) is 19.1 Å². The Balaban J connectivity index is 2.26. The minimum Gasteiger partial charge on any atom is -0.493 e. The Morgan fingerprint density at radius 2 is 1.71 bits per heavy atom. The topological polar surface area (TPSA) is 64.3 Å². The molecule has 0 radical (unpaired) electrons. The number of nitrogen functional groups attached to an aromatic ring is 1. The van der Waals surface area contributed by atoms with E-state index in [9.17, 15) is 4.79 Å². The molecule has 118 valence electrons. The van der Waals surface area contributed by atoms with Crippen LogP contribution in [0.15, 0.2) is 24.3 Å². The molecule has 0 unspecified atom stereocenters. The van der Waals surface area contributed by atoms with E-state index in [0.717, 1.165) is 12.3 Å². The molecule has 4 nitrogen and oxygen atoms in total. The van der Waals surface area contributed by atoms with Crippen LogP contribution in [0.5, 0.6) is 5.75 Å². The lowest BCUT2D eigenvalue weighted by Crippen LogP contribution is -2.34. The van der Waals surface area contributed by atoms with E-state index in [1.807, 2.05) is 0 Å². The van der Waals surface area contributed by atoms with E-state index in [1.165, 1.54) is 0 Å². The second-order valence-electron chi connectivity index (χ2n) is 6.12. The minimum atomic E-state index is 0.0387. The number of amides is 1. The van der Waals surface area contributed by atoms with Gasteiger partial charge >= 0.3 is 0 Å². The molecule has 3 N–H and O–H groups in total. The molecule has 1 aromatic carbocycles. The second kappa shape index (κ2) is 8.55. The van der Waals surface area contributed by atoms with Gasteiger partial charge in [0.15, 0.2) is 0 Å². The van der Waals surface area contributed by atoms with E-state index in [4.69, 9.17) is 10.5 Å². The van der Waals surface area contributed by atoms with Gasteiger partial charge in [-0.3, -0.25) is 4.79 Å². The monoisotopic (exact) mass is 292 g/mol. The number of rotatable bonds is 8. The zero-order chi connectivity index (χ0) is 15.8. The maximum atomic E-state index is 11.8. The highest BCUT2D eigenvalue weighted by atomic mass is 16.5. The smallest absolute Gasteiger partial charge is 0.223 e. The quantitative estimate of drug-likeness (QED) is 0.724. The lowest BCUT2D eigenvalue weighted by Gasteiger charge is -2.25. The highest BCUT2D eigenvalue weighted by molar-refractivity contribution is 5.76. The number of ether oxygens (including phenoxy) is 1. The molecule has 0 fully saturated rings. The van der Waals surface area contributed by atoms with Gasteiger partial charge in [0.2, 0.25) is 5.91 Å². The molecule has 0 aliphatic carbocycles. The molecule has 1 rings (SSSR count). The first-order chi connectivity index (χ1) is 9.90. The van der Waals surface area contributed by atoms with E-state index in [0.29, 0.717) is 36.5 Å². The second-order valence-corrected chi connectivity index (χ2v) is 6.12. The van der Waals surface area contributed by atoms with Gasteiger partial charge in [0.1, 0.15) is 5.75 Å². The van der Waals surface area contributed by atoms with Crippen molar-refractivity contribution in [3.05, 3.63) is 24.3 Å². The molecular weight excluding hydrogens is 264 g/mol. The van der Waals surface area contributed by atoms with Gasteiger partial charge in [-0.15, -0.1) is 0 Å². The number of hydrogen-bond acceptors (Lipinski definition) is 3. The molecule has 0 saturated heterocycles. The van der Waals surface area contributed by atoms with E-state index in [-0.39, 0.29) is 5.91 Å². The van der Waals surface area contributed by atoms with Gasteiger partial charge in [0, 0.05) is 12.2 Å². The number of anilines is 1. The number of hydrogen-bond donors (Lipinski definition) is 2. The minimum absolute atomic E-state index is 0.0387. The van der Waals surface area contributed by atoms with Crippen LogP contribution in [-0.2, 0) is 4.79 Å². The van der Waals surface area contributed by atoms with E-state index in [2.05, 4.69) is 33.0 Å². The molecule has 0 heterocycles. The van der Waals surface area contributed by atoms with Crippen molar-refractivity contribution in [3.63, 3.8) is 0 Å². The number of carbonyl (C=O) groups excluding carboxylic acids is 1. The highest BCUT2D eigenvalue weighted by Gasteiger charge is 2.18. The first-order valence-electron chi connectivity index (χ1n) is 7.65. The van der Waals surface area contributed by atoms with E-state index >= 15 is 0 Å². The Kier molecular flexibility index (Phi) is 7.06. The summed E-state index contributed by atoms with van der Waals surface area (Å²) >= 11 is 0. The van der Waals surface area contributed by atoms with Gasteiger partial charge in [-0.2, -0.15) is 0 Å². The summed E-state index contributed by atoms with van der Waals surface area (Å²) in [7, 11) is 0.